The molecule has 0 unspecified atom stereocenters. The van der Waals surface area contributed by atoms with Crippen molar-refractivity contribution in [1.82, 2.24) is 10.6 Å². The third kappa shape index (κ3) is 3.73. The summed E-state index contributed by atoms with van der Waals surface area (Å²) in [6.07, 6.45) is -0.601. The second kappa shape index (κ2) is 6.21. The van der Waals surface area contributed by atoms with Crippen molar-refractivity contribution in [3.8, 4) is 0 Å². The van der Waals surface area contributed by atoms with Crippen molar-refractivity contribution in [3.63, 3.8) is 0 Å². The SMILES string of the molecule is CCC(CC)(NC(=O)O)C(=O)NCCF. The van der Waals surface area contributed by atoms with Crippen LogP contribution in [-0.4, -0.2) is 35.9 Å². The van der Waals surface area contributed by atoms with E-state index in [1.54, 1.807) is 13.8 Å². The highest BCUT2D eigenvalue weighted by molar-refractivity contribution is 5.89. The highest BCUT2D eigenvalue weighted by atomic mass is 19.1. The lowest BCUT2D eigenvalue weighted by Crippen LogP contribution is -2.58. The minimum absolute atomic E-state index is 0.0954. The zero-order chi connectivity index (χ0) is 11.9. The molecule has 0 bridgehead atoms. The van der Waals surface area contributed by atoms with Crippen LogP contribution in [-0.2, 0) is 4.79 Å². The Hall–Kier alpha value is -1.33. The van der Waals surface area contributed by atoms with Crippen molar-refractivity contribution in [2.45, 2.75) is 32.2 Å². The van der Waals surface area contributed by atoms with Gasteiger partial charge in [0.25, 0.3) is 0 Å². The molecule has 0 aliphatic rings. The Balaban J connectivity index is 4.60. The molecule has 0 aromatic carbocycles. The van der Waals surface area contributed by atoms with Gasteiger partial charge in [-0.2, -0.15) is 0 Å². The average molecular weight is 220 g/mol. The van der Waals surface area contributed by atoms with Gasteiger partial charge in [-0.3, -0.25) is 4.79 Å². The largest absolute Gasteiger partial charge is 0.465 e. The van der Waals surface area contributed by atoms with Crippen LogP contribution in [0.2, 0.25) is 0 Å². The predicted molar refractivity (Wildman–Crippen MR) is 53.5 cm³/mol. The second-order valence-electron chi connectivity index (χ2n) is 3.16. The van der Waals surface area contributed by atoms with E-state index in [0.717, 1.165) is 0 Å². The molecule has 0 saturated heterocycles. The Kier molecular flexibility index (Phi) is 5.66. The number of nitrogens with one attached hydrogen (secondary N) is 2. The molecule has 15 heavy (non-hydrogen) atoms. The maximum absolute atomic E-state index is 11.9. The van der Waals surface area contributed by atoms with Gasteiger partial charge in [0.15, 0.2) is 0 Å². The number of carbonyl (C=O) groups excluding carboxylic acids is 1. The topological polar surface area (TPSA) is 78.4 Å². The number of hydrogen-bond donors (Lipinski definition) is 3. The molecule has 2 amide bonds. The third-order valence-electron chi connectivity index (χ3n) is 2.37. The Morgan fingerprint density at radius 3 is 2.20 bits per heavy atom. The number of carboxylic acid groups (broad SMARTS) is 1. The fourth-order valence-corrected chi connectivity index (χ4v) is 1.34. The summed E-state index contributed by atoms with van der Waals surface area (Å²) in [6.45, 7) is 2.65. The molecular weight excluding hydrogens is 203 g/mol. The molecule has 0 atom stereocenters. The van der Waals surface area contributed by atoms with E-state index in [1.165, 1.54) is 0 Å². The number of rotatable bonds is 6. The zero-order valence-electron chi connectivity index (χ0n) is 8.97. The molecule has 0 radical (unpaired) electrons. The molecule has 0 aromatic rings. The Bertz CT molecular complexity index is 229. The van der Waals surface area contributed by atoms with Crippen LogP contribution in [0.25, 0.3) is 0 Å². The quantitative estimate of drug-likeness (QED) is 0.622. The van der Waals surface area contributed by atoms with Gasteiger partial charge in [0, 0.05) is 6.54 Å². The molecule has 5 nitrogen and oxygen atoms in total. The lowest BCUT2D eigenvalue weighted by Gasteiger charge is -2.29. The van der Waals surface area contributed by atoms with Crippen LogP contribution in [0.5, 0.6) is 0 Å². The monoisotopic (exact) mass is 220 g/mol. The summed E-state index contributed by atoms with van der Waals surface area (Å²) >= 11 is 0. The molecule has 0 aliphatic heterocycles. The minimum atomic E-state index is -1.26. The average Bonchev–Trinajstić information content (AvgIpc) is 2.22. The van der Waals surface area contributed by atoms with Crippen molar-refractivity contribution in [3.05, 3.63) is 0 Å². The van der Waals surface area contributed by atoms with Gasteiger partial charge in [0.1, 0.15) is 12.2 Å². The molecule has 88 valence electrons. The molecule has 6 heteroatoms. The van der Waals surface area contributed by atoms with Gasteiger partial charge >= 0.3 is 6.09 Å². The van der Waals surface area contributed by atoms with Gasteiger partial charge in [-0.15, -0.1) is 0 Å². The summed E-state index contributed by atoms with van der Waals surface area (Å²) in [5, 5.41) is 13.1. The number of hydrogen-bond acceptors (Lipinski definition) is 2. The normalized spacial score (nSPS) is 10.9. The minimum Gasteiger partial charge on any atom is -0.465 e. The molecule has 0 aromatic heterocycles. The van der Waals surface area contributed by atoms with Gasteiger partial charge in [0.05, 0.1) is 0 Å². The van der Waals surface area contributed by atoms with Crippen molar-refractivity contribution in [1.29, 1.82) is 0 Å². The Morgan fingerprint density at radius 2 is 1.87 bits per heavy atom. The van der Waals surface area contributed by atoms with Crippen molar-refractivity contribution >= 4 is 12.0 Å². The highest BCUT2D eigenvalue weighted by Gasteiger charge is 2.36. The first-order valence-corrected chi connectivity index (χ1v) is 4.87. The fraction of sp³-hybridized carbons (Fsp3) is 0.778. The number of alkyl halides is 1. The van der Waals surface area contributed by atoms with Crippen LogP contribution >= 0.6 is 0 Å². The molecule has 0 heterocycles. The van der Waals surface area contributed by atoms with Crippen LogP contribution in [0.4, 0.5) is 9.18 Å². The maximum atomic E-state index is 11.9. The first-order valence-electron chi connectivity index (χ1n) is 4.87. The molecule has 0 fully saturated rings. The summed E-state index contributed by atoms with van der Waals surface area (Å²) in [5.41, 5.74) is -1.15. The van der Waals surface area contributed by atoms with Gasteiger partial charge < -0.3 is 15.7 Å². The molecule has 0 spiro atoms. The summed E-state index contributed by atoms with van der Waals surface area (Å²) < 4.78 is 11.9. The van der Waals surface area contributed by atoms with Crippen LogP contribution < -0.4 is 10.6 Å². The summed E-state index contributed by atoms with van der Waals surface area (Å²) in [5.74, 6) is -0.479. The highest BCUT2D eigenvalue weighted by Crippen LogP contribution is 2.15. The van der Waals surface area contributed by atoms with Crippen molar-refractivity contribution in [2.24, 2.45) is 0 Å². The van der Waals surface area contributed by atoms with E-state index in [9.17, 15) is 14.0 Å². The van der Waals surface area contributed by atoms with Gasteiger partial charge in [-0.1, -0.05) is 13.8 Å². The lowest BCUT2D eigenvalue weighted by atomic mass is 9.92. The van der Waals surface area contributed by atoms with Gasteiger partial charge in [-0.25, -0.2) is 9.18 Å². The summed E-state index contributed by atoms with van der Waals surface area (Å²) in [6, 6.07) is 0. The van der Waals surface area contributed by atoms with E-state index in [2.05, 4.69) is 10.6 Å². The molecule has 0 aliphatic carbocycles. The number of halogens is 1. The molecule has 0 saturated carbocycles. The Labute approximate surface area is 88.0 Å². The molecule has 0 rings (SSSR count). The first kappa shape index (κ1) is 13.7. The van der Waals surface area contributed by atoms with Gasteiger partial charge in [0.2, 0.25) is 5.91 Å². The van der Waals surface area contributed by atoms with E-state index < -0.39 is 24.2 Å². The van der Waals surface area contributed by atoms with Crippen molar-refractivity contribution in [2.75, 3.05) is 13.2 Å². The standard InChI is InChI=1S/C9H17FN2O3/c1-3-9(4-2,12-8(14)15)7(13)11-6-5-10/h12H,3-6H2,1-2H3,(H,11,13)(H,14,15). The molecule has 3 N–H and O–H groups in total. The van der Waals surface area contributed by atoms with E-state index in [0.29, 0.717) is 12.8 Å². The van der Waals surface area contributed by atoms with Crippen LogP contribution in [0.15, 0.2) is 0 Å². The van der Waals surface area contributed by atoms with Crippen molar-refractivity contribution < 1.29 is 19.1 Å². The van der Waals surface area contributed by atoms with Crippen LogP contribution in [0, 0.1) is 0 Å². The number of carbonyl (C=O) groups is 2. The predicted octanol–water partition coefficient (Wildman–Crippen LogP) is 0.898. The van der Waals surface area contributed by atoms with E-state index >= 15 is 0 Å². The van der Waals surface area contributed by atoms with Crippen LogP contribution in [0.3, 0.4) is 0 Å². The zero-order valence-corrected chi connectivity index (χ0v) is 8.97. The maximum Gasteiger partial charge on any atom is 0.405 e. The lowest BCUT2D eigenvalue weighted by molar-refractivity contribution is -0.127. The van der Waals surface area contributed by atoms with E-state index in [-0.39, 0.29) is 6.54 Å². The third-order valence-corrected chi connectivity index (χ3v) is 2.37. The second-order valence-corrected chi connectivity index (χ2v) is 3.16. The first-order chi connectivity index (χ1) is 7.02. The summed E-state index contributed by atoms with van der Waals surface area (Å²) in [7, 11) is 0. The Morgan fingerprint density at radius 1 is 1.33 bits per heavy atom. The number of amides is 2. The van der Waals surface area contributed by atoms with E-state index in [4.69, 9.17) is 5.11 Å². The fourth-order valence-electron chi connectivity index (χ4n) is 1.34. The summed E-state index contributed by atoms with van der Waals surface area (Å²) in [4.78, 5) is 22.2. The van der Waals surface area contributed by atoms with Gasteiger partial charge in [-0.05, 0) is 12.8 Å². The molecular formula is C9H17FN2O3. The smallest absolute Gasteiger partial charge is 0.405 e. The van der Waals surface area contributed by atoms with E-state index in [1.807, 2.05) is 0 Å². The van der Waals surface area contributed by atoms with Crippen LogP contribution in [0.1, 0.15) is 26.7 Å².